The van der Waals surface area contributed by atoms with Gasteiger partial charge in [0.15, 0.2) is 0 Å². The summed E-state index contributed by atoms with van der Waals surface area (Å²) in [6, 6.07) is 23.5. The lowest BCUT2D eigenvalue weighted by Crippen LogP contribution is -2.13. The van der Waals surface area contributed by atoms with Gasteiger partial charge in [-0.25, -0.2) is 4.79 Å². The Morgan fingerprint density at radius 2 is 1.62 bits per heavy atom. The molecule has 0 aliphatic rings. The molecule has 0 bridgehead atoms. The van der Waals surface area contributed by atoms with E-state index in [4.69, 9.17) is 9.47 Å². The van der Waals surface area contributed by atoms with Gasteiger partial charge in [0.1, 0.15) is 12.4 Å². The van der Waals surface area contributed by atoms with Crippen molar-refractivity contribution in [2.45, 2.75) is 20.0 Å². The molecule has 0 saturated carbocycles. The maximum Gasteiger partial charge on any atom is 0.338 e. The Hall–Kier alpha value is -3.60. The molecule has 3 aromatic carbocycles. The van der Waals surface area contributed by atoms with Crippen molar-refractivity contribution in [3.63, 3.8) is 0 Å². The van der Waals surface area contributed by atoms with Crippen molar-refractivity contribution >= 4 is 17.6 Å². The van der Waals surface area contributed by atoms with Crippen molar-refractivity contribution < 1.29 is 19.1 Å². The Morgan fingerprint density at radius 1 is 0.862 bits per heavy atom. The number of esters is 1. The summed E-state index contributed by atoms with van der Waals surface area (Å²) in [5.74, 6) is 0.0209. The average molecular weight is 389 g/mol. The van der Waals surface area contributed by atoms with Crippen LogP contribution >= 0.6 is 0 Å². The van der Waals surface area contributed by atoms with Crippen LogP contribution in [0.2, 0.25) is 0 Å². The number of ether oxygens (including phenoxy) is 2. The van der Waals surface area contributed by atoms with Crippen molar-refractivity contribution in [3.05, 3.63) is 95.6 Å². The molecule has 0 aliphatic heterocycles. The molecule has 5 heteroatoms. The van der Waals surface area contributed by atoms with Gasteiger partial charge in [-0.3, -0.25) is 4.79 Å². The fourth-order valence-corrected chi connectivity index (χ4v) is 2.65. The molecular weight excluding hydrogens is 366 g/mol. The van der Waals surface area contributed by atoms with Gasteiger partial charge in [-0.15, -0.1) is 0 Å². The Bertz CT molecular complexity index is 952. The van der Waals surface area contributed by atoms with Gasteiger partial charge in [-0.2, -0.15) is 0 Å². The monoisotopic (exact) mass is 389 g/mol. The lowest BCUT2D eigenvalue weighted by molar-refractivity contribution is 0.0505. The zero-order valence-corrected chi connectivity index (χ0v) is 16.3. The summed E-state index contributed by atoms with van der Waals surface area (Å²) in [6.45, 7) is 2.77. The normalized spacial score (nSPS) is 10.2. The number of nitrogens with one attached hydrogen (secondary N) is 1. The van der Waals surface area contributed by atoms with Crippen molar-refractivity contribution in [1.82, 2.24) is 0 Å². The van der Waals surface area contributed by atoms with E-state index in [1.165, 1.54) is 0 Å². The predicted octanol–water partition coefficient (Wildman–Crippen LogP) is 5.08. The Balaban J connectivity index is 1.58. The molecule has 0 unspecified atom stereocenters. The van der Waals surface area contributed by atoms with E-state index < -0.39 is 5.97 Å². The summed E-state index contributed by atoms with van der Waals surface area (Å²) in [4.78, 5) is 24.5. The fourth-order valence-electron chi connectivity index (χ4n) is 2.65. The van der Waals surface area contributed by atoms with Crippen molar-refractivity contribution in [1.29, 1.82) is 0 Å². The number of carbonyl (C=O) groups excluding carboxylic acids is 2. The van der Waals surface area contributed by atoms with Gasteiger partial charge in [0.25, 0.3) is 5.91 Å². The van der Waals surface area contributed by atoms with Crippen LogP contribution in [-0.4, -0.2) is 18.5 Å². The van der Waals surface area contributed by atoms with E-state index >= 15 is 0 Å². The summed E-state index contributed by atoms with van der Waals surface area (Å²) in [5.41, 5.74) is 2.51. The van der Waals surface area contributed by atoms with Gasteiger partial charge in [0.05, 0.1) is 12.2 Å². The van der Waals surface area contributed by atoms with Crippen LogP contribution in [0.25, 0.3) is 0 Å². The van der Waals surface area contributed by atoms with Crippen LogP contribution < -0.4 is 10.1 Å². The number of rotatable bonds is 8. The molecule has 0 saturated heterocycles. The van der Waals surface area contributed by atoms with Crippen molar-refractivity contribution in [2.75, 3.05) is 11.9 Å². The highest BCUT2D eigenvalue weighted by Gasteiger charge is 2.10. The third-order valence-corrected chi connectivity index (χ3v) is 4.16. The fraction of sp³-hybridized carbons (Fsp3) is 0.167. The summed E-state index contributed by atoms with van der Waals surface area (Å²) in [5, 5.41) is 2.80. The second-order valence-corrected chi connectivity index (χ2v) is 6.47. The van der Waals surface area contributed by atoms with E-state index in [1.807, 2.05) is 37.3 Å². The van der Waals surface area contributed by atoms with E-state index in [0.29, 0.717) is 35.8 Å². The molecule has 29 heavy (non-hydrogen) atoms. The van der Waals surface area contributed by atoms with Crippen molar-refractivity contribution in [2.24, 2.45) is 0 Å². The quantitative estimate of drug-likeness (QED) is 0.545. The molecule has 0 heterocycles. The Labute approximate surface area is 170 Å². The SMILES string of the molecule is CCCOC(=O)c1cccc(NC(=O)c2ccc(OCc3ccccc3)cc2)c1. The Kier molecular flexibility index (Phi) is 7.00. The molecule has 0 aliphatic carbocycles. The minimum Gasteiger partial charge on any atom is -0.489 e. The third kappa shape index (κ3) is 5.94. The predicted molar refractivity (Wildman–Crippen MR) is 112 cm³/mol. The largest absolute Gasteiger partial charge is 0.489 e. The van der Waals surface area contributed by atoms with Crippen LogP contribution in [0.15, 0.2) is 78.9 Å². The molecule has 5 nitrogen and oxygen atoms in total. The number of hydrogen-bond donors (Lipinski definition) is 1. The molecule has 0 aromatic heterocycles. The molecule has 3 rings (SSSR count). The molecule has 148 valence electrons. The van der Waals surface area contributed by atoms with Crippen LogP contribution in [0.5, 0.6) is 5.75 Å². The van der Waals surface area contributed by atoms with E-state index in [0.717, 1.165) is 12.0 Å². The van der Waals surface area contributed by atoms with E-state index in [-0.39, 0.29) is 5.91 Å². The number of anilines is 1. The highest BCUT2D eigenvalue weighted by Crippen LogP contribution is 2.17. The van der Waals surface area contributed by atoms with Gasteiger partial charge in [-0.1, -0.05) is 43.3 Å². The molecular formula is C24H23NO4. The number of benzene rings is 3. The summed E-state index contributed by atoms with van der Waals surface area (Å²) in [6.07, 6.45) is 0.757. The Morgan fingerprint density at radius 3 is 2.34 bits per heavy atom. The van der Waals surface area contributed by atoms with Gasteiger partial charge in [-0.05, 0) is 54.4 Å². The minimum atomic E-state index is -0.400. The van der Waals surface area contributed by atoms with Gasteiger partial charge < -0.3 is 14.8 Å². The number of hydrogen-bond acceptors (Lipinski definition) is 4. The molecule has 0 spiro atoms. The molecule has 1 N–H and O–H groups in total. The average Bonchev–Trinajstić information content (AvgIpc) is 2.77. The molecule has 0 atom stereocenters. The number of carbonyl (C=O) groups is 2. The van der Waals surface area contributed by atoms with E-state index in [2.05, 4.69) is 5.32 Å². The van der Waals surface area contributed by atoms with Crippen molar-refractivity contribution in [3.8, 4) is 5.75 Å². The van der Waals surface area contributed by atoms with E-state index in [1.54, 1.807) is 48.5 Å². The summed E-state index contributed by atoms with van der Waals surface area (Å²) < 4.78 is 10.9. The maximum absolute atomic E-state index is 12.5. The second kappa shape index (κ2) is 10.1. The lowest BCUT2D eigenvalue weighted by Gasteiger charge is -2.09. The lowest BCUT2D eigenvalue weighted by atomic mass is 10.1. The first-order valence-electron chi connectivity index (χ1n) is 9.51. The smallest absolute Gasteiger partial charge is 0.338 e. The van der Waals surface area contributed by atoms with Crippen LogP contribution in [0, 0.1) is 0 Å². The standard InChI is InChI=1S/C24H23NO4/c1-2-15-28-24(27)20-9-6-10-21(16-20)25-23(26)19-11-13-22(14-12-19)29-17-18-7-4-3-5-8-18/h3-14,16H,2,15,17H2,1H3,(H,25,26). The zero-order valence-electron chi connectivity index (χ0n) is 16.3. The van der Waals surface area contributed by atoms with Crippen LogP contribution in [0.1, 0.15) is 39.6 Å². The molecule has 3 aromatic rings. The summed E-state index contributed by atoms with van der Waals surface area (Å²) >= 11 is 0. The van der Waals surface area contributed by atoms with Gasteiger partial charge in [0, 0.05) is 11.3 Å². The zero-order chi connectivity index (χ0) is 20.5. The highest BCUT2D eigenvalue weighted by molar-refractivity contribution is 6.04. The second-order valence-electron chi connectivity index (χ2n) is 6.47. The maximum atomic E-state index is 12.5. The third-order valence-electron chi connectivity index (χ3n) is 4.16. The molecule has 1 amide bonds. The molecule has 0 fully saturated rings. The van der Waals surface area contributed by atoms with Crippen LogP contribution in [0.4, 0.5) is 5.69 Å². The van der Waals surface area contributed by atoms with E-state index in [9.17, 15) is 9.59 Å². The first-order valence-corrected chi connectivity index (χ1v) is 9.51. The first kappa shape index (κ1) is 20.1. The number of amides is 1. The van der Waals surface area contributed by atoms with Crippen LogP contribution in [0.3, 0.4) is 0 Å². The minimum absolute atomic E-state index is 0.265. The van der Waals surface area contributed by atoms with Crippen LogP contribution in [-0.2, 0) is 11.3 Å². The summed E-state index contributed by atoms with van der Waals surface area (Å²) in [7, 11) is 0. The first-order chi connectivity index (χ1) is 14.2. The molecule has 0 radical (unpaired) electrons. The highest BCUT2D eigenvalue weighted by atomic mass is 16.5. The van der Waals surface area contributed by atoms with Gasteiger partial charge in [0.2, 0.25) is 0 Å². The van der Waals surface area contributed by atoms with Gasteiger partial charge >= 0.3 is 5.97 Å². The topological polar surface area (TPSA) is 64.6 Å².